The number of methoxy groups -OCH3 is 1. The molecule has 0 radical (unpaired) electrons. The van der Waals surface area contributed by atoms with Gasteiger partial charge in [0.05, 0.1) is 20.2 Å². The Morgan fingerprint density at radius 3 is 2.54 bits per heavy atom. The number of hydrogen-bond acceptors (Lipinski definition) is 7. The molecule has 0 saturated carbocycles. The van der Waals surface area contributed by atoms with Gasteiger partial charge in [0.2, 0.25) is 5.89 Å². The first-order chi connectivity index (χ1) is 11.7. The summed E-state index contributed by atoms with van der Waals surface area (Å²) >= 11 is 0. The predicted molar refractivity (Wildman–Crippen MR) is 85.7 cm³/mol. The van der Waals surface area contributed by atoms with Gasteiger partial charge in [-0.3, -0.25) is 9.80 Å². The molecule has 2 N–H and O–H groups in total. The second-order valence-electron chi connectivity index (χ2n) is 5.82. The molecule has 0 aliphatic carbocycles. The molecule has 130 valence electrons. The summed E-state index contributed by atoms with van der Waals surface area (Å²) in [5.41, 5.74) is 6.34. The van der Waals surface area contributed by atoms with E-state index in [2.05, 4.69) is 19.9 Å². The smallest absolute Gasteiger partial charge is 0.240 e. The quantitative estimate of drug-likeness (QED) is 0.843. The molecule has 1 fully saturated rings. The molecule has 3 rings (SSSR count). The molecule has 1 aromatic heterocycles. The van der Waals surface area contributed by atoms with E-state index in [0.717, 1.165) is 37.5 Å². The van der Waals surface area contributed by atoms with Crippen LogP contribution in [0.1, 0.15) is 17.3 Å². The zero-order valence-corrected chi connectivity index (χ0v) is 13.7. The molecule has 0 unspecified atom stereocenters. The summed E-state index contributed by atoms with van der Waals surface area (Å²) in [5, 5.41) is 3.92. The number of nitrogens with two attached hydrogens (primary N) is 1. The summed E-state index contributed by atoms with van der Waals surface area (Å²) in [7, 11) is 1.61. The van der Waals surface area contributed by atoms with Gasteiger partial charge in [0.1, 0.15) is 11.6 Å². The molecule has 7 nitrogen and oxygen atoms in total. The summed E-state index contributed by atoms with van der Waals surface area (Å²) in [5.74, 6) is 1.61. The van der Waals surface area contributed by atoms with E-state index < -0.39 is 0 Å². The molecule has 1 aliphatic rings. The van der Waals surface area contributed by atoms with Gasteiger partial charge in [-0.2, -0.15) is 4.98 Å². The molecule has 0 amide bonds. The van der Waals surface area contributed by atoms with E-state index in [9.17, 15) is 4.39 Å². The van der Waals surface area contributed by atoms with E-state index in [1.807, 2.05) is 0 Å². The van der Waals surface area contributed by atoms with Crippen molar-refractivity contribution in [2.75, 3.05) is 33.3 Å². The Balaban J connectivity index is 1.52. The summed E-state index contributed by atoms with van der Waals surface area (Å²) in [4.78, 5) is 8.78. The van der Waals surface area contributed by atoms with Gasteiger partial charge in [0.15, 0.2) is 5.82 Å². The van der Waals surface area contributed by atoms with Crippen molar-refractivity contribution in [3.8, 4) is 5.75 Å². The van der Waals surface area contributed by atoms with Crippen molar-refractivity contribution in [3.63, 3.8) is 0 Å². The fourth-order valence-electron chi connectivity index (χ4n) is 2.85. The van der Waals surface area contributed by atoms with Crippen molar-refractivity contribution >= 4 is 0 Å². The maximum Gasteiger partial charge on any atom is 0.240 e. The Morgan fingerprint density at radius 2 is 1.92 bits per heavy atom. The standard InChI is InChI=1S/C16H22FN5O2/c1-23-14-3-2-13(17)8-12(14)10-21-4-6-22(7-5-21)11-15-19-16(9-18)24-20-15/h2-3,8H,4-7,9-11,18H2,1H3. The molecule has 8 heteroatoms. The first-order valence-electron chi connectivity index (χ1n) is 7.96. The predicted octanol–water partition coefficient (Wildman–Crippen LogP) is 0.994. The zero-order valence-electron chi connectivity index (χ0n) is 13.7. The molecule has 1 saturated heterocycles. The Bertz CT molecular complexity index is 670. The van der Waals surface area contributed by atoms with E-state index in [1.165, 1.54) is 6.07 Å². The van der Waals surface area contributed by atoms with Gasteiger partial charge in [0, 0.05) is 38.3 Å². The lowest BCUT2D eigenvalue weighted by Gasteiger charge is -2.34. The van der Waals surface area contributed by atoms with E-state index in [0.29, 0.717) is 24.8 Å². The minimum absolute atomic E-state index is 0.239. The maximum absolute atomic E-state index is 13.5. The number of piperazine rings is 1. The summed E-state index contributed by atoms with van der Waals surface area (Å²) in [6.07, 6.45) is 0. The molecule has 24 heavy (non-hydrogen) atoms. The van der Waals surface area contributed by atoms with Crippen LogP contribution in [-0.2, 0) is 19.6 Å². The number of rotatable bonds is 6. The second-order valence-corrected chi connectivity index (χ2v) is 5.82. The fraction of sp³-hybridized carbons (Fsp3) is 0.500. The number of aromatic nitrogens is 2. The largest absolute Gasteiger partial charge is 0.496 e. The number of nitrogens with zero attached hydrogens (tertiary/aromatic N) is 4. The summed E-state index contributed by atoms with van der Waals surface area (Å²) in [6, 6.07) is 4.63. The lowest BCUT2D eigenvalue weighted by molar-refractivity contribution is 0.118. The van der Waals surface area contributed by atoms with Crippen LogP contribution in [0.3, 0.4) is 0 Å². The molecule has 0 bridgehead atoms. The van der Waals surface area contributed by atoms with Crippen LogP contribution >= 0.6 is 0 Å². The van der Waals surface area contributed by atoms with Gasteiger partial charge in [-0.25, -0.2) is 4.39 Å². The van der Waals surface area contributed by atoms with Crippen LogP contribution in [0.15, 0.2) is 22.7 Å². The fourth-order valence-corrected chi connectivity index (χ4v) is 2.85. The number of halogens is 1. The van der Waals surface area contributed by atoms with Gasteiger partial charge in [-0.1, -0.05) is 5.16 Å². The first-order valence-corrected chi connectivity index (χ1v) is 7.96. The average Bonchev–Trinajstić information content (AvgIpc) is 3.04. The molecular formula is C16H22FN5O2. The first kappa shape index (κ1) is 16.8. The van der Waals surface area contributed by atoms with Gasteiger partial charge in [-0.15, -0.1) is 0 Å². The Morgan fingerprint density at radius 1 is 1.21 bits per heavy atom. The highest BCUT2D eigenvalue weighted by molar-refractivity contribution is 5.33. The highest BCUT2D eigenvalue weighted by Gasteiger charge is 2.20. The van der Waals surface area contributed by atoms with Crippen molar-refractivity contribution in [2.45, 2.75) is 19.6 Å². The van der Waals surface area contributed by atoms with Crippen LogP contribution in [0.25, 0.3) is 0 Å². The van der Waals surface area contributed by atoms with Crippen LogP contribution in [-0.4, -0.2) is 53.2 Å². The van der Waals surface area contributed by atoms with Crippen molar-refractivity contribution in [1.82, 2.24) is 19.9 Å². The Hall–Kier alpha value is -2.03. The summed E-state index contributed by atoms with van der Waals surface area (Å²) in [6.45, 7) is 5.15. The van der Waals surface area contributed by atoms with E-state index in [4.69, 9.17) is 15.0 Å². The normalized spacial score (nSPS) is 16.5. The molecule has 2 aromatic rings. The topological polar surface area (TPSA) is 80.7 Å². The minimum atomic E-state index is -0.239. The molecular weight excluding hydrogens is 313 g/mol. The number of benzene rings is 1. The SMILES string of the molecule is COc1ccc(F)cc1CN1CCN(Cc2noc(CN)n2)CC1. The second kappa shape index (κ2) is 7.69. The maximum atomic E-state index is 13.5. The van der Waals surface area contributed by atoms with Gasteiger partial charge in [-0.05, 0) is 18.2 Å². The van der Waals surface area contributed by atoms with Crippen LogP contribution in [0, 0.1) is 5.82 Å². The minimum Gasteiger partial charge on any atom is -0.496 e. The van der Waals surface area contributed by atoms with E-state index in [-0.39, 0.29) is 12.4 Å². The Labute approximate surface area is 140 Å². The van der Waals surface area contributed by atoms with Gasteiger partial charge in [0.25, 0.3) is 0 Å². The van der Waals surface area contributed by atoms with Crippen LogP contribution in [0.5, 0.6) is 5.75 Å². The lowest BCUT2D eigenvalue weighted by Crippen LogP contribution is -2.45. The van der Waals surface area contributed by atoms with Crippen molar-refractivity contribution in [3.05, 3.63) is 41.3 Å². The van der Waals surface area contributed by atoms with E-state index in [1.54, 1.807) is 19.2 Å². The lowest BCUT2D eigenvalue weighted by atomic mass is 10.1. The highest BCUT2D eigenvalue weighted by atomic mass is 19.1. The average molecular weight is 335 g/mol. The molecule has 0 spiro atoms. The van der Waals surface area contributed by atoms with Gasteiger partial charge < -0.3 is 15.0 Å². The van der Waals surface area contributed by atoms with Crippen molar-refractivity contribution < 1.29 is 13.7 Å². The zero-order chi connectivity index (χ0) is 16.9. The van der Waals surface area contributed by atoms with Crippen molar-refractivity contribution in [2.24, 2.45) is 5.73 Å². The number of hydrogen-bond donors (Lipinski definition) is 1. The molecule has 0 atom stereocenters. The third kappa shape index (κ3) is 4.08. The summed E-state index contributed by atoms with van der Waals surface area (Å²) < 4.78 is 23.8. The van der Waals surface area contributed by atoms with Gasteiger partial charge >= 0.3 is 0 Å². The molecule has 2 heterocycles. The van der Waals surface area contributed by atoms with Crippen LogP contribution in [0.2, 0.25) is 0 Å². The third-order valence-electron chi connectivity index (χ3n) is 4.15. The number of ether oxygens (including phenoxy) is 1. The third-order valence-corrected chi connectivity index (χ3v) is 4.15. The van der Waals surface area contributed by atoms with Crippen LogP contribution in [0.4, 0.5) is 4.39 Å². The highest BCUT2D eigenvalue weighted by Crippen LogP contribution is 2.21. The molecule has 1 aliphatic heterocycles. The Kier molecular flexibility index (Phi) is 5.39. The van der Waals surface area contributed by atoms with E-state index >= 15 is 0 Å². The van der Waals surface area contributed by atoms with Crippen molar-refractivity contribution in [1.29, 1.82) is 0 Å². The molecule has 1 aromatic carbocycles. The van der Waals surface area contributed by atoms with Crippen LogP contribution < -0.4 is 10.5 Å². The monoisotopic (exact) mass is 335 g/mol.